The summed E-state index contributed by atoms with van der Waals surface area (Å²) in [7, 11) is 0. The van der Waals surface area contributed by atoms with Gasteiger partial charge in [-0.3, -0.25) is 0 Å². The van der Waals surface area contributed by atoms with Crippen LogP contribution in [0.2, 0.25) is 0 Å². The van der Waals surface area contributed by atoms with Gasteiger partial charge in [-0.25, -0.2) is 0 Å². The maximum absolute atomic E-state index is 8.92. The third kappa shape index (κ3) is 2.26. The average molecular weight is 223 g/mol. The summed E-state index contributed by atoms with van der Waals surface area (Å²) in [6.07, 6.45) is 4.98. The molecule has 1 aromatic rings. The first-order valence-electron chi connectivity index (χ1n) is 5.00. The normalized spacial score (nSPS) is 13.8. The van der Waals surface area contributed by atoms with Gasteiger partial charge in [0.05, 0.1) is 0 Å². The molecule has 0 saturated carbocycles. The molecule has 1 N–H and O–H groups in total. The summed E-state index contributed by atoms with van der Waals surface area (Å²) in [6.45, 7) is 0. The van der Waals surface area contributed by atoms with Gasteiger partial charge in [0.2, 0.25) is 0 Å². The lowest BCUT2D eigenvalue weighted by atomic mass is 10.1. The summed E-state index contributed by atoms with van der Waals surface area (Å²) < 4.78 is 0. The van der Waals surface area contributed by atoms with Crippen molar-refractivity contribution in [2.75, 3.05) is 5.32 Å². The lowest BCUT2D eigenvalue weighted by Crippen LogP contribution is -2.23. The molecule has 1 aliphatic rings. The van der Waals surface area contributed by atoms with Crippen molar-refractivity contribution >= 4 is 17.1 Å². The van der Waals surface area contributed by atoms with Crippen molar-refractivity contribution in [1.82, 2.24) is 0 Å². The molecular formula is C12H9N5. The second kappa shape index (κ2) is 4.86. The number of allylic oxidation sites excluding steroid dienone is 4. The van der Waals surface area contributed by atoms with E-state index in [-0.39, 0.29) is 11.4 Å². The average Bonchev–Trinajstić information content (AvgIpc) is 2.39. The minimum atomic E-state index is 0.193. The number of hydrogen-bond donors (Lipinski definition) is 1. The Balaban J connectivity index is 2.33. The zero-order valence-electron chi connectivity index (χ0n) is 8.91. The Hall–Kier alpha value is -2.74. The number of benzene rings is 1. The fourth-order valence-electron chi connectivity index (χ4n) is 1.49. The predicted molar refractivity (Wildman–Crippen MR) is 64.5 cm³/mol. The smallest absolute Gasteiger partial charge is 0.360 e. The molecule has 0 heterocycles. The summed E-state index contributed by atoms with van der Waals surface area (Å²) in [5.74, 6) is 0. The van der Waals surface area contributed by atoms with E-state index in [4.69, 9.17) is 11.1 Å². The van der Waals surface area contributed by atoms with Crippen molar-refractivity contribution in [2.45, 2.75) is 0 Å². The van der Waals surface area contributed by atoms with Crippen LogP contribution in [-0.4, -0.2) is 21.0 Å². The predicted octanol–water partition coefficient (Wildman–Crippen LogP) is 1.89. The van der Waals surface area contributed by atoms with Gasteiger partial charge in [-0.2, -0.15) is 9.58 Å². The Kier molecular flexibility index (Phi) is 3.08. The summed E-state index contributed by atoms with van der Waals surface area (Å²) in [6, 6.07) is 9.44. The fraction of sp³-hybridized carbons (Fsp3) is 0. The van der Waals surface area contributed by atoms with Gasteiger partial charge >= 0.3 is 11.4 Å². The highest BCUT2D eigenvalue weighted by molar-refractivity contribution is 6.49. The van der Waals surface area contributed by atoms with E-state index in [0.29, 0.717) is 5.70 Å². The van der Waals surface area contributed by atoms with E-state index in [2.05, 4.69) is 14.9 Å². The third-order valence-electron chi connectivity index (χ3n) is 2.28. The lowest BCUT2D eigenvalue weighted by Gasteiger charge is -2.06. The van der Waals surface area contributed by atoms with Gasteiger partial charge in [0.1, 0.15) is 5.70 Å². The van der Waals surface area contributed by atoms with Crippen LogP contribution in [0.1, 0.15) is 0 Å². The number of hydrogen-bond acceptors (Lipinski definition) is 1. The minimum Gasteiger partial charge on any atom is -0.360 e. The lowest BCUT2D eigenvalue weighted by molar-refractivity contribution is -0.0224. The Morgan fingerprint density at radius 1 is 1.00 bits per heavy atom. The maximum Gasteiger partial charge on any atom is 0.426 e. The highest BCUT2D eigenvalue weighted by Gasteiger charge is 2.30. The molecular weight excluding hydrogens is 214 g/mol. The van der Waals surface area contributed by atoms with Crippen molar-refractivity contribution in [1.29, 1.82) is 0 Å². The monoisotopic (exact) mass is 223 g/mol. The van der Waals surface area contributed by atoms with Crippen molar-refractivity contribution in [3.63, 3.8) is 0 Å². The number of nitrogens with zero attached hydrogens (tertiary/aromatic N) is 4. The first kappa shape index (κ1) is 10.8. The molecule has 82 valence electrons. The van der Waals surface area contributed by atoms with E-state index in [9.17, 15) is 0 Å². The summed E-state index contributed by atoms with van der Waals surface area (Å²) in [5.41, 5.74) is 19.5. The molecule has 5 nitrogen and oxygen atoms in total. The van der Waals surface area contributed by atoms with Gasteiger partial charge in [0.25, 0.3) is 0 Å². The first-order valence-corrected chi connectivity index (χ1v) is 5.00. The van der Waals surface area contributed by atoms with E-state index in [1.165, 1.54) is 0 Å². The van der Waals surface area contributed by atoms with Crippen molar-refractivity contribution < 1.29 is 9.58 Å². The highest BCUT2D eigenvalue weighted by atomic mass is 15.0. The molecule has 17 heavy (non-hydrogen) atoms. The standard InChI is InChI=1S/C12H9N5/c13-16-11-8-4-7-10(12(11)17-14)15-9-5-2-1-3-6-9/h1-8,15H. The van der Waals surface area contributed by atoms with Gasteiger partial charge in [0, 0.05) is 11.8 Å². The minimum absolute atomic E-state index is 0.193. The maximum atomic E-state index is 8.92. The van der Waals surface area contributed by atoms with Gasteiger partial charge in [-0.1, -0.05) is 24.3 Å². The molecule has 0 saturated heterocycles. The topological polar surface area (TPSA) is 84.8 Å². The van der Waals surface area contributed by atoms with Crippen LogP contribution in [0.4, 0.5) is 5.69 Å². The van der Waals surface area contributed by atoms with Crippen LogP contribution in [-0.2, 0) is 0 Å². The van der Waals surface area contributed by atoms with E-state index in [1.807, 2.05) is 30.3 Å². The van der Waals surface area contributed by atoms with Crippen LogP contribution < -0.4 is 5.32 Å². The Morgan fingerprint density at radius 3 is 2.41 bits per heavy atom. The Morgan fingerprint density at radius 2 is 1.76 bits per heavy atom. The Labute approximate surface area is 98.0 Å². The molecule has 0 bridgehead atoms. The quantitative estimate of drug-likeness (QED) is 0.463. The molecule has 5 heteroatoms. The van der Waals surface area contributed by atoms with E-state index >= 15 is 0 Å². The van der Waals surface area contributed by atoms with Crippen LogP contribution in [0.15, 0.2) is 54.3 Å². The van der Waals surface area contributed by atoms with Gasteiger partial charge in [-0.15, -0.1) is 0 Å². The van der Waals surface area contributed by atoms with E-state index in [0.717, 1.165) is 5.69 Å². The zero-order chi connectivity index (χ0) is 12.1. The van der Waals surface area contributed by atoms with E-state index < -0.39 is 0 Å². The molecule has 0 aliphatic heterocycles. The molecule has 0 spiro atoms. The van der Waals surface area contributed by atoms with Crippen molar-refractivity contribution in [2.24, 2.45) is 0 Å². The number of rotatable bonds is 2. The van der Waals surface area contributed by atoms with Gasteiger partial charge in [0.15, 0.2) is 0 Å². The van der Waals surface area contributed by atoms with Crippen LogP contribution in [0.3, 0.4) is 0 Å². The number of anilines is 1. The molecule has 2 rings (SSSR count). The second-order valence-electron chi connectivity index (χ2n) is 3.36. The Bertz CT molecular complexity index is 585. The van der Waals surface area contributed by atoms with Crippen molar-refractivity contribution in [3.8, 4) is 0 Å². The van der Waals surface area contributed by atoms with Crippen LogP contribution in [0, 0.1) is 0 Å². The zero-order valence-corrected chi connectivity index (χ0v) is 8.91. The molecule has 1 aliphatic carbocycles. The van der Waals surface area contributed by atoms with Gasteiger partial charge < -0.3 is 16.4 Å². The molecule has 0 fully saturated rings. The van der Waals surface area contributed by atoms with Crippen LogP contribution in [0.5, 0.6) is 0 Å². The fourth-order valence-corrected chi connectivity index (χ4v) is 1.49. The summed E-state index contributed by atoms with van der Waals surface area (Å²) in [4.78, 5) is 6.17. The second-order valence-corrected chi connectivity index (χ2v) is 3.36. The van der Waals surface area contributed by atoms with E-state index in [1.54, 1.807) is 18.2 Å². The first-order chi connectivity index (χ1) is 8.35. The highest BCUT2D eigenvalue weighted by Crippen LogP contribution is 2.12. The largest absolute Gasteiger partial charge is 0.426 e. The van der Waals surface area contributed by atoms with Gasteiger partial charge in [-0.05, 0) is 18.2 Å². The number of nitrogens with one attached hydrogen (secondary N) is 1. The molecule has 1 aromatic carbocycles. The molecule has 0 unspecified atom stereocenters. The van der Waals surface area contributed by atoms with Crippen LogP contribution in [0.25, 0.3) is 11.1 Å². The molecule has 0 radical (unpaired) electrons. The molecule has 0 aromatic heterocycles. The SMILES string of the molecule is [N-]=[N+]=C1C=CC=C(Nc2ccccc2)C1=[N+]=[N-]. The third-order valence-corrected chi connectivity index (χ3v) is 2.28. The summed E-state index contributed by atoms with van der Waals surface area (Å²) in [5, 5.41) is 3.07. The summed E-state index contributed by atoms with van der Waals surface area (Å²) >= 11 is 0. The van der Waals surface area contributed by atoms with Crippen molar-refractivity contribution in [3.05, 3.63) is 65.3 Å². The number of para-hydroxylation sites is 1. The molecule has 0 amide bonds. The van der Waals surface area contributed by atoms with Crippen LogP contribution >= 0.6 is 0 Å². The molecule has 0 atom stereocenters.